The summed E-state index contributed by atoms with van der Waals surface area (Å²) in [6.45, 7) is 4.59. The Labute approximate surface area is 84.1 Å². The van der Waals surface area contributed by atoms with Gasteiger partial charge in [0, 0.05) is 24.2 Å². The highest BCUT2D eigenvalue weighted by atomic mass is 16.1. The maximum atomic E-state index is 11.5. The zero-order chi connectivity index (χ0) is 10.4. The van der Waals surface area contributed by atoms with Gasteiger partial charge in [-0.3, -0.25) is 9.89 Å². The molecule has 1 amide bonds. The predicted molar refractivity (Wildman–Crippen MR) is 54.5 cm³/mol. The molecule has 2 N–H and O–H groups in total. The summed E-state index contributed by atoms with van der Waals surface area (Å²) < 4.78 is 0. The van der Waals surface area contributed by atoms with Gasteiger partial charge in [0.05, 0.1) is 6.20 Å². The molecule has 14 heavy (non-hydrogen) atoms. The van der Waals surface area contributed by atoms with Crippen LogP contribution in [0.15, 0.2) is 12.4 Å². The third-order valence-corrected chi connectivity index (χ3v) is 2.19. The summed E-state index contributed by atoms with van der Waals surface area (Å²) in [5.41, 5.74) is 1.00. The van der Waals surface area contributed by atoms with Crippen molar-refractivity contribution in [3.8, 4) is 0 Å². The molecule has 0 aliphatic carbocycles. The number of amides is 1. The van der Waals surface area contributed by atoms with Crippen LogP contribution in [-0.2, 0) is 11.3 Å². The first kappa shape index (κ1) is 10.8. The molecule has 0 fully saturated rings. The maximum Gasteiger partial charge on any atom is 0.223 e. The highest BCUT2D eigenvalue weighted by Crippen LogP contribution is 2.05. The van der Waals surface area contributed by atoms with Crippen LogP contribution in [0.2, 0.25) is 0 Å². The van der Waals surface area contributed by atoms with Gasteiger partial charge in [0.15, 0.2) is 0 Å². The van der Waals surface area contributed by atoms with Crippen molar-refractivity contribution in [2.45, 2.75) is 33.2 Å². The van der Waals surface area contributed by atoms with Crippen LogP contribution in [0.4, 0.5) is 0 Å². The molecule has 1 aromatic rings. The summed E-state index contributed by atoms with van der Waals surface area (Å²) in [6, 6.07) is 0. The topological polar surface area (TPSA) is 57.8 Å². The summed E-state index contributed by atoms with van der Waals surface area (Å²) in [4.78, 5) is 11.5. The normalized spacial score (nSPS) is 12.4. The molecule has 1 unspecified atom stereocenters. The molecule has 0 aliphatic heterocycles. The molecule has 0 aromatic carbocycles. The quantitative estimate of drug-likeness (QED) is 0.747. The lowest BCUT2D eigenvalue weighted by Crippen LogP contribution is -2.28. The van der Waals surface area contributed by atoms with Crippen molar-refractivity contribution in [3.05, 3.63) is 18.0 Å². The maximum absolute atomic E-state index is 11.5. The summed E-state index contributed by atoms with van der Waals surface area (Å²) in [6.07, 6.45) is 5.48. The van der Waals surface area contributed by atoms with E-state index < -0.39 is 0 Å². The van der Waals surface area contributed by atoms with E-state index in [1.165, 1.54) is 0 Å². The van der Waals surface area contributed by atoms with Crippen LogP contribution in [0.5, 0.6) is 0 Å². The van der Waals surface area contributed by atoms with Crippen molar-refractivity contribution < 1.29 is 4.79 Å². The Hall–Kier alpha value is -1.32. The lowest BCUT2D eigenvalue weighted by molar-refractivity contribution is -0.124. The van der Waals surface area contributed by atoms with Crippen LogP contribution >= 0.6 is 0 Å². The van der Waals surface area contributed by atoms with Gasteiger partial charge in [-0.25, -0.2) is 0 Å². The summed E-state index contributed by atoms with van der Waals surface area (Å²) >= 11 is 0. The molecule has 4 heteroatoms. The van der Waals surface area contributed by atoms with Crippen LogP contribution in [0.3, 0.4) is 0 Å². The highest BCUT2D eigenvalue weighted by molar-refractivity contribution is 5.78. The van der Waals surface area contributed by atoms with E-state index in [4.69, 9.17) is 0 Å². The number of aromatic amines is 1. The fraction of sp³-hybridized carbons (Fsp3) is 0.600. The molecular weight excluding hydrogens is 178 g/mol. The van der Waals surface area contributed by atoms with Gasteiger partial charge in [0.2, 0.25) is 5.91 Å². The van der Waals surface area contributed by atoms with Crippen LogP contribution in [0.1, 0.15) is 32.3 Å². The molecule has 0 saturated carbocycles. The van der Waals surface area contributed by atoms with Gasteiger partial charge < -0.3 is 5.32 Å². The second kappa shape index (κ2) is 5.42. The van der Waals surface area contributed by atoms with Gasteiger partial charge in [-0.1, -0.05) is 20.3 Å². The minimum absolute atomic E-state index is 0.104. The standard InChI is InChI=1S/C10H17N3O/c1-3-4-8(2)10(14)11-5-9-6-12-13-7-9/h6-8H,3-5H2,1-2H3,(H,11,14)(H,12,13). The molecule has 1 atom stereocenters. The number of carbonyl (C=O) groups excluding carboxylic acids is 1. The minimum atomic E-state index is 0.104. The molecule has 0 aliphatic rings. The molecule has 1 heterocycles. The third kappa shape index (κ3) is 3.20. The summed E-state index contributed by atoms with van der Waals surface area (Å²) in [5.74, 6) is 0.222. The molecule has 4 nitrogen and oxygen atoms in total. The van der Waals surface area contributed by atoms with E-state index in [0.717, 1.165) is 18.4 Å². The Kier molecular flexibility index (Phi) is 4.16. The van der Waals surface area contributed by atoms with E-state index >= 15 is 0 Å². The van der Waals surface area contributed by atoms with E-state index in [0.29, 0.717) is 6.54 Å². The third-order valence-electron chi connectivity index (χ3n) is 2.19. The number of nitrogens with zero attached hydrogens (tertiary/aromatic N) is 1. The molecule has 0 saturated heterocycles. The molecule has 0 radical (unpaired) electrons. The highest BCUT2D eigenvalue weighted by Gasteiger charge is 2.10. The van der Waals surface area contributed by atoms with Crippen molar-refractivity contribution in [2.24, 2.45) is 5.92 Å². The number of H-pyrrole nitrogens is 1. The fourth-order valence-electron chi connectivity index (χ4n) is 1.30. The molecule has 0 bridgehead atoms. The van der Waals surface area contributed by atoms with Crippen LogP contribution < -0.4 is 5.32 Å². The Bertz CT molecular complexity index is 269. The number of rotatable bonds is 5. The molecule has 1 rings (SSSR count). The molecular formula is C10H17N3O. The smallest absolute Gasteiger partial charge is 0.223 e. The van der Waals surface area contributed by atoms with Gasteiger partial charge in [-0.2, -0.15) is 5.10 Å². The van der Waals surface area contributed by atoms with E-state index in [1.807, 2.05) is 6.92 Å². The lowest BCUT2D eigenvalue weighted by atomic mass is 10.1. The summed E-state index contributed by atoms with van der Waals surface area (Å²) in [5, 5.41) is 9.38. The average Bonchev–Trinajstić information content (AvgIpc) is 2.67. The second-order valence-electron chi connectivity index (χ2n) is 3.51. The zero-order valence-corrected chi connectivity index (χ0v) is 8.71. The van der Waals surface area contributed by atoms with Crippen molar-refractivity contribution in [1.82, 2.24) is 15.5 Å². The first-order valence-corrected chi connectivity index (χ1v) is 4.99. The van der Waals surface area contributed by atoms with Crippen molar-refractivity contribution in [1.29, 1.82) is 0 Å². The number of aromatic nitrogens is 2. The van der Waals surface area contributed by atoms with Gasteiger partial charge in [-0.15, -0.1) is 0 Å². The fourth-order valence-corrected chi connectivity index (χ4v) is 1.30. The molecule has 78 valence electrons. The van der Waals surface area contributed by atoms with Crippen molar-refractivity contribution in [2.75, 3.05) is 0 Å². The van der Waals surface area contributed by atoms with Crippen LogP contribution in [-0.4, -0.2) is 16.1 Å². The van der Waals surface area contributed by atoms with Gasteiger partial charge >= 0.3 is 0 Å². The van der Waals surface area contributed by atoms with Crippen molar-refractivity contribution in [3.63, 3.8) is 0 Å². The van der Waals surface area contributed by atoms with Gasteiger partial charge in [-0.05, 0) is 6.42 Å². The van der Waals surface area contributed by atoms with E-state index in [1.54, 1.807) is 12.4 Å². The van der Waals surface area contributed by atoms with E-state index in [9.17, 15) is 4.79 Å². The van der Waals surface area contributed by atoms with E-state index in [2.05, 4.69) is 22.4 Å². The van der Waals surface area contributed by atoms with Gasteiger partial charge in [0.1, 0.15) is 0 Å². The monoisotopic (exact) mass is 195 g/mol. The van der Waals surface area contributed by atoms with Crippen LogP contribution in [0, 0.1) is 5.92 Å². The zero-order valence-electron chi connectivity index (χ0n) is 8.71. The Morgan fingerprint density at radius 2 is 2.50 bits per heavy atom. The molecule has 0 spiro atoms. The Morgan fingerprint density at radius 1 is 1.71 bits per heavy atom. The van der Waals surface area contributed by atoms with Crippen LogP contribution in [0.25, 0.3) is 0 Å². The molecule has 1 aromatic heterocycles. The minimum Gasteiger partial charge on any atom is -0.352 e. The predicted octanol–water partition coefficient (Wildman–Crippen LogP) is 1.46. The largest absolute Gasteiger partial charge is 0.352 e. The Balaban J connectivity index is 2.27. The van der Waals surface area contributed by atoms with Gasteiger partial charge in [0.25, 0.3) is 0 Å². The Morgan fingerprint density at radius 3 is 3.07 bits per heavy atom. The number of hydrogen-bond donors (Lipinski definition) is 2. The first-order chi connectivity index (χ1) is 6.74. The second-order valence-corrected chi connectivity index (χ2v) is 3.51. The lowest BCUT2D eigenvalue weighted by Gasteiger charge is -2.09. The van der Waals surface area contributed by atoms with Crippen molar-refractivity contribution >= 4 is 5.91 Å². The first-order valence-electron chi connectivity index (χ1n) is 4.99. The number of hydrogen-bond acceptors (Lipinski definition) is 2. The number of nitrogens with one attached hydrogen (secondary N) is 2. The van der Waals surface area contributed by atoms with E-state index in [-0.39, 0.29) is 11.8 Å². The average molecular weight is 195 g/mol. The SMILES string of the molecule is CCCC(C)C(=O)NCc1cn[nH]c1. The number of carbonyl (C=O) groups is 1. The summed E-state index contributed by atoms with van der Waals surface area (Å²) in [7, 11) is 0.